The summed E-state index contributed by atoms with van der Waals surface area (Å²) in [5.41, 5.74) is 1.75. The number of carbonyl (C=O) groups excluding carboxylic acids is 1. The predicted octanol–water partition coefficient (Wildman–Crippen LogP) is 2.89. The minimum absolute atomic E-state index is 0.000356. The van der Waals surface area contributed by atoms with Crippen LogP contribution in [0.1, 0.15) is 39.8 Å². The van der Waals surface area contributed by atoms with Gasteiger partial charge in [-0.3, -0.25) is 19.8 Å². The number of aromatic nitrogens is 1. The Bertz CT molecular complexity index is 808. The molecular weight excluding hydrogens is 352 g/mol. The first-order valence-electron chi connectivity index (χ1n) is 8.80. The van der Waals surface area contributed by atoms with Gasteiger partial charge in [0.1, 0.15) is 5.01 Å². The van der Waals surface area contributed by atoms with E-state index >= 15 is 0 Å². The van der Waals surface area contributed by atoms with Crippen LogP contribution in [0.25, 0.3) is 0 Å². The molecular formula is C18H20N4O3S. The summed E-state index contributed by atoms with van der Waals surface area (Å²) in [7, 11) is 0. The van der Waals surface area contributed by atoms with Gasteiger partial charge in [-0.1, -0.05) is 0 Å². The average Bonchev–Trinajstić information content (AvgIpc) is 3.41. The Balaban J connectivity index is 1.30. The Morgan fingerprint density at radius 3 is 2.50 bits per heavy atom. The van der Waals surface area contributed by atoms with Gasteiger partial charge < -0.3 is 4.90 Å². The van der Waals surface area contributed by atoms with Crippen molar-refractivity contribution in [1.82, 2.24) is 14.8 Å². The van der Waals surface area contributed by atoms with Crippen LogP contribution < -0.4 is 0 Å². The van der Waals surface area contributed by atoms with Crippen molar-refractivity contribution in [1.29, 1.82) is 0 Å². The second-order valence-electron chi connectivity index (χ2n) is 6.81. The van der Waals surface area contributed by atoms with Gasteiger partial charge in [-0.2, -0.15) is 0 Å². The van der Waals surface area contributed by atoms with Crippen LogP contribution in [0.5, 0.6) is 0 Å². The number of non-ortho nitro benzene ring substituents is 1. The Morgan fingerprint density at radius 2 is 1.88 bits per heavy atom. The summed E-state index contributed by atoms with van der Waals surface area (Å²) >= 11 is 1.73. The van der Waals surface area contributed by atoms with E-state index in [1.54, 1.807) is 11.3 Å². The normalized spacial score (nSPS) is 18.1. The molecule has 7 nitrogen and oxygen atoms in total. The number of carbonyl (C=O) groups is 1. The average molecular weight is 372 g/mol. The van der Waals surface area contributed by atoms with Crippen molar-refractivity contribution in [3.8, 4) is 0 Å². The predicted molar refractivity (Wildman–Crippen MR) is 98.4 cm³/mol. The molecule has 0 N–H and O–H groups in total. The van der Waals surface area contributed by atoms with Gasteiger partial charge in [0.25, 0.3) is 11.6 Å². The summed E-state index contributed by atoms with van der Waals surface area (Å²) in [5.74, 6) is 0.626. The lowest BCUT2D eigenvalue weighted by Gasteiger charge is -2.34. The van der Waals surface area contributed by atoms with E-state index in [9.17, 15) is 14.9 Å². The second kappa shape index (κ2) is 7.13. The number of nitrogens with zero attached hydrogens (tertiary/aromatic N) is 4. The number of benzene rings is 1. The summed E-state index contributed by atoms with van der Waals surface area (Å²) in [4.78, 5) is 31.7. The highest BCUT2D eigenvalue weighted by atomic mass is 32.1. The fraction of sp³-hybridized carbons (Fsp3) is 0.444. The molecule has 26 heavy (non-hydrogen) atoms. The molecule has 4 rings (SSSR count). The Labute approximate surface area is 155 Å². The van der Waals surface area contributed by atoms with Crippen molar-refractivity contribution >= 4 is 22.9 Å². The maximum atomic E-state index is 12.6. The molecule has 1 aliphatic carbocycles. The number of piperazine rings is 1. The Hall–Kier alpha value is -2.32. The van der Waals surface area contributed by atoms with E-state index in [4.69, 9.17) is 4.98 Å². The zero-order valence-corrected chi connectivity index (χ0v) is 15.2. The van der Waals surface area contributed by atoms with Crippen LogP contribution in [0.4, 0.5) is 5.69 Å². The smallest absolute Gasteiger partial charge is 0.269 e. The molecule has 0 unspecified atom stereocenters. The molecule has 1 saturated heterocycles. The van der Waals surface area contributed by atoms with E-state index in [0.29, 0.717) is 24.6 Å². The first-order valence-corrected chi connectivity index (χ1v) is 9.68. The minimum Gasteiger partial charge on any atom is -0.336 e. The maximum Gasteiger partial charge on any atom is 0.269 e. The molecule has 1 amide bonds. The summed E-state index contributed by atoms with van der Waals surface area (Å²) in [6, 6.07) is 5.82. The van der Waals surface area contributed by atoms with Crippen molar-refractivity contribution in [3.63, 3.8) is 0 Å². The summed E-state index contributed by atoms with van der Waals surface area (Å²) in [6.45, 7) is 3.80. The van der Waals surface area contributed by atoms with Crippen LogP contribution in [0.3, 0.4) is 0 Å². The third-order valence-electron chi connectivity index (χ3n) is 4.91. The molecule has 1 aliphatic heterocycles. The third kappa shape index (κ3) is 3.76. The second-order valence-corrected chi connectivity index (χ2v) is 7.76. The number of hydrogen-bond donors (Lipinski definition) is 0. The highest BCUT2D eigenvalue weighted by Crippen LogP contribution is 2.40. The number of thiazole rings is 1. The molecule has 0 bridgehead atoms. The number of nitro groups is 1. The van der Waals surface area contributed by atoms with Crippen molar-refractivity contribution in [2.45, 2.75) is 25.3 Å². The number of amides is 1. The molecule has 2 fully saturated rings. The molecule has 2 aromatic rings. The largest absolute Gasteiger partial charge is 0.336 e. The van der Waals surface area contributed by atoms with Gasteiger partial charge in [-0.15, -0.1) is 11.3 Å². The monoisotopic (exact) mass is 372 g/mol. The quantitative estimate of drug-likeness (QED) is 0.596. The molecule has 1 saturated carbocycles. The number of hydrogen-bond acceptors (Lipinski definition) is 6. The van der Waals surface area contributed by atoms with Crippen LogP contribution in [0.2, 0.25) is 0 Å². The molecule has 136 valence electrons. The van der Waals surface area contributed by atoms with E-state index < -0.39 is 4.92 Å². The van der Waals surface area contributed by atoms with Gasteiger partial charge in [-0.05, 0) is 25.0 Å². The third-order valence-corrected chi connectivity index (χ3v) is 5.76. The number of nitro benzene ring substituents is 1. The highest BCUT2D eigenvalue weighted by molar-refractivity contribution is 7.09. The fourth-order valence-corrected chi connectivity index (χ4v) is 4.09. The van der Waals surface area contributed by atoms with Crippen molar-refractivity contribution in [2.75, 3.05) is 26.2 Å². The topological polar surface area (TPSA) is 79.6 Å². The standard InChI is InChI=1S/C18H20N4O3S/c23-18(14-3-5-15(6-4-14)22(24)25)21-9-7-20(8-10-21)11-17-19-16(12-26-17)13-1-2-13/h3-6,12-13H,1-2,7-11H2. The zero-order chi connectivity index (χ0) is 18.1. The van der Waals surface area contributed by atoms with Crippen molar-refractivity contribution < 1.29 is 9.72 Å². The minimum atomic E-state index is -0.458. The Morgan fingerprint density at radius 1 is 1.19 bits per heavy atom. The number of rotatable bonds is 5. The van der Waals surface area contributed by atoms with Crippen LogP contribution in [-0.2, 0) is 6.54 Å². The van der Waals surface area contributed by atoms with E-state index in [2.05, 4.69) is 10.3 Å². The maximum absolute atomic E-state index is 12.6. The fourth-order valence-electron chi connectivity index (χ4n) is 3.17. The van der Waals surface area contributed by atoms with E-state index in [-0.39, 0.29) is 11.6 Å². The molecule has 0 spiro atoms. The van der Waals surface area contributed by atoms with Crippen LogP contribution >= 0.6 is 11.3 Å². The van der Waals surface area contributed by atoms with Crippen molar-refractivity contribution in [3.05, 3.63) is 56.0 Å². The van der Waals surface area contributed by atoms with E-state index in [0.717, 1.165) is 24.6 Å². The summed E-state index contributed by atoms with van der Waals surface area (Å²) in [6.07, 6.45) is 2.54. The lowest BCUT2D eigenvalue weighted by atomic mass is 10.1. The summed E-state index contributed by atoms with van der Waals surface area (Å²) < 4.78 is 0. The Kier molecular flexibility index (Phi) is 4.69. The molecule has 1 aromatic carbocycles. The van der Waals surface area contributed by atoms with Crippen LogP contribution in [0.15, 0.2) is 29.6 Å². The molecule has 1 aromatic heterocycles. The van der Waals surface area contributed by atoms with Gasteiger partial charge in [0.05, 0.1) is 17.2 Å². The first-order chi connectivity index (χ1) is 12.6. The van der Waals surface area contributed by atoms with Crippen LogP contribution in [-0.4, -0.2) is 51.8 Å². The van der Waals surface area contributed by atoms with Gasteiger partial charge in [0.15, 0.2) is 0 Å². The van der Waals surface area contributed by atoms with Crippen molar-refractivity contribution in [2.24, 2.45) is 0 Å². The molecule has 0 radical (unpaired) electrons. The van der Waals surface area contributed by atoms with Gasteiger partial charge in [0, 0.05) is 55.2 Å². The van der Waals surface area contributed by atoms with Gasteiger partial charge in [-0.25, -0.2) is 4.98 Å². The first kappa shape index (κ1) is 17.1. The van der Waals surface area contributed by atoms with E-state index in [1.807, 2.05) is 4.90 Å². The zero-order valence-electron chi connectivity index (χ0n) is 14.3. The SMILES string of the molecule is O=C(c1ccc([N+](=O)[O-])cc1)N1CCN(Cc2nc(C3CC3)cs2)CC1. The highest BCUT2D eigenvalue weighted by Gasteiger charge is 2.27. The van der Waals surface area contributed by atoms with Gasteiger partial charge >= 0.3 is 0 Å². The van der Waals surface area contributed by atoms with Crippen LogP contribution in [0, 0.1) is 10.1 Å². The lowest BCUT2D eigenvalue weighted by Crippen LogP contribution is -2.48. The van der Waals surface area contributed by atoms with E-state index in [1.165, 1.54) is 42.8 Å². The molecule has 2 heterocycles. The van der Waals surface area contributed by atoms with Gasteiger partial charge in [0.2, 0.25) is 0 Å². The summed E-state index contributed by atoms with van der Waals surface area (Å²) in [5, 5.41) is 14.0. The molecule has 0 atom stereocenters. The molecule has 8 heteroatoms. The molecule has 2 aliphatic rings. The lowest BCUT2D eigenvalue weighted by molar-refractivity contribution is -0.384.